The van der Waals surface area contributed by atoms with E-state index >= 15 is 0 Å². The van der Waals surface area contributed by atoms with E-state index in [0.717, 1.165) is 12.0 Å². The van der Waals surface area contributed by atoms with Crippen LogP contribution in [0.1, 0.15) is 38.7 Å². The fourth-order valence-corrected chi connectivity index (χ4v) is 2.88. The molecule has 1 aliphatic rings. The summed E-state index contributed by atoms with van der Waals surface area (Å²) in [6, 6.07) is 9.51. The molecule has 0 saturated carbocycles. The molecule has 1 aromatic carbocycles. The van der Waals surface area contributed by atoms with Gasteiger partial charge in [0, 0.05) is 13.1 Å². The Labute approximate surface area is 131 Å². The van der Waals surface area contributed by atoms with Crippen molar-refractivity contribution in [2.75, 3.05) is 13.1 Å². The van der Waals surface area contributed by atoms with E-state index in [9.17, 15) is 9.59 Å². The van der Waals surface area contributed by atoms with E-state index in [0.29, 0.717) is 13.1 Å². The number of carbonyl (C=O) groups is 2. The third-order valence-corrected chi connectivity index (χ3v) is 3.81. The fourth-order valence-electron chi connectivity index (χ4n) is 2.88. The van der Waals surface area contributed by atoms with Crippen molar-refractivity contribution >= 4 is 12.0 Å². The molecule has 22 heavy (non-hydrogen) atoms. The van der Waals surface area contributed by atoms with E-state index in [-0.39, 0.29) is 23.8 Å². The second kappa shape index (κ2) is 6.38. The van der Waals surface area contributed by atoms with Crippen LogP contribution in [0.25, 0.3) is 0 Å². The molecule has 2 unspecified atom stereocenters. The molecule has 1 aromatic rings. The van der Waals surface area contributed by atoms with Crippen molar-refractivity contribution in [2.45, 2.75) is 38.7 Å². The number of likely N-dealkylation sites (tertiary alicyclic amines) is 1. The highest BCUT2D eigenvalue weighted by Gasteiger charge is 2.36. The number of amides is 2. The molecule has 1 saturated heterocycles. The number of primary amides is 1. The Bertz CT molecular complexity index is 537. The topological polar surface area (TPSA) is 72.6 Å². The molecule has 120 valence electrons. The van der Waals surface area contributed by atoms with E-state index in [1.807, 2.05) is 51.1 Å². The van der Waals surface area contributed by atoms with Crippen LogP contribution in [-0.4, -0.2) is 35.6 Å². The van der Waals surface area contributed by atoms with Gasteiger partial charge in [0.05, 0.1) is 5.92 Å². The monoisotopic (exact) mass is 304 g/mol. The maximum absolute atomic E-state index is 12.1. The maximum atomic E-state index is 12.1. The van der Waals surface area contributed by atoms with Crippen molar-refractivity contribution in [3.05, 3.63) is 35.9 Å². The number of hydrogen-bond acceptors (Lipinski definition) is 3. The number of hydrogen-bond donors (Lipinski definition) is 1. The largest absolute Gasteiger partial charge is 0.444 e. The zero-order valence-electron chi connectivity index (χ0n) is 13.4. The van der Waals surface area contributed by atoms with Gasteiger partial charge in [-0.25, -0.2) is 4.79 Å². The van der Waals surface area contributed by atoms with Crippen LogP contribution in [-0.2, 0) is 9.53 Å². The lowest BCUT2D eigenvalue weighted by atomic mass is 9.85. The molecule has 1 fully saturated rings. The minimum atomic E-state index is -0.516. The molecule has 0 radical (unpaired) electrons. The molecule has 5 heteroatoms. The first-order valence-corrected chi connectivity index (χ1v) is 7.60. The van der Waals surface area contributed by atoms with E-state index < -0.39 is 5.60 Å². The smallest absolute Gasteiger partial charge is 0.410 e. The number of nitrogens with two attached hydrogens (primary N) is 1. The Morgan fingerprint density at radius 3 is 2.45 bits per heavy atom. The van der Waals surface area contributed by atoms with Gasteiger partial charge >= 0.3 is 6.09 Å². The van der Waals surface area contributed by atoms with E-state index in [1.54, 1.807) is 4.90 Å². The van der Waals surface area contributed by atoms with Crippen molar-refractivity contribution in [2.24, 2.45) is 11.7 Å². The van der Waals surface area contributed by atoms with E-state index in [1.165, 1.54) is 0 Å². The van der Waals surface area contributed by atoms with Crippen LogP contribution in [0.5, 0.6) is 0 Å². The molecule has 1 aliphatic heterocycles. The Morgan fingerprint density at radius 1 is 1.27 bits per heavy atom. The Hall–Kier alpha value is -2.04. The van der Waals surface area contributed by atoms with Gasteiger partial charge in [0.25, 0.3) is 0 Å². The second-order valence-electron chi connectivity index (χ2n) is 6.77. The zero-order chi connectivity index (χ0) is 16.3. The average molecular weight is 304 g/mol. The number of carbonyl (C=O) groups excluding carboxylic acids is 2. The van der Waals surface area contributed by atoms with Crippen LogP contribution in [0.4, 0.5) is 4.79 Å². The van der Waals surface area contributed by atoms with Crippen LogP contribution in [0.15, 0.2) is 30.3 Å². The molecule has 0 aliphatic carbocycles. The molecule has 2 rings (SSSR count). The predicted octanol–water partition coefficient (Wildman–Crippen LogP) is 2.51. The molecule has 2 amide bonds. The highest BCUT2D eigenvalue weighted by atomic mass is 16.6. The quantitative estimate of drug-likeness (QED) is 0.932. The van der Waals surface area contributed by atoms with Crippen LogP contribution in [0.3, 0.4) is 0 Å². The average Bonchev–Trinajstić information content (AvgIpc) is 2.87. The third kappa shape index (κ3) is 4.00. The molecule has 0 spiro atoms. The lowest BCUT2D eigenvalue weighted by Gasteiger charge is -2.25. The Balaban J connectivity index is 2.07. The normalized spacial score (nSPS) is 19.8. The first-order chi connectivity index (χ1) is 10.3. The Morgan fingerprint density at radius 2 is 1.91 bits per heavy atom. The van der Waals surface area contributed by atoms with Gasteiger partial charge in [0.1, 0.15) is 5.60 Å². The highest BCUT2D eigenvalue weighted by molar-refractivity contribution is 5.82. The summed E-state index contributed by atoms with van der Waals surface area (Å²) in [7, 11) is 0. The maximum Gasteiger partial charge on any atom is 0.410 e. The van der Waals surface area contributed by atoms with Gasteiger partial charge in [-0.2, -0.15) is 0 Å². The number of benzene rings is 1. The summed E-state index contributed by atoms with van der Waals surface area (Å²) in [5.41, 5.74) is 5.99. The van der Waals surface area contributed by atoms with E-state index in [4.69, 9.17) is 10.5 Å². The fraction of sp³-hybridized carbons (Fsp3) is 0.529. The van der Waals surface area contributed by atoms with Crippen molar-refractivity contribution in [3.8, 4) is 0 Å². The first-order valence-electron chi connectivity index (χ1n) is 7.60. The zero-order valence-corrected chi connectivity index (χ0v) is 13.4. The molecule has 0 aromatic heterocycles. The number of nitrogens with zero attached hydrogens (tertiary/aromatic N) is 1. The number of ether oxygens (including phenoxy) is 1. The summed E-state index contributed by atoms with van der Waals surface area (Å²) in [4.78, 5) is 25.7. The van der Waals surface area contributed by atoms with Crippen molar-refractivity contribution in [3.63, 3.8) is 0 Å². The van der Waals surface area contributed by atoms with Crippen molar-refractivity contribution in [1.29, 1.82) is 0 Å². The minimum Gasteiger partial charge on any atom is -0.444 e. The van der Waals surface area contributed by atoms with Crippen LogP contribution >= 0.6 is 0 Å². The summed E-state index contributed by atoms with van der Waals surface area (Å²) < 4.78 is 5.39. The van der Waals surface area contributed by atoms with Gasteiger partial charge in [-0.05, 0) is 38.7 Å². The standard InChI is InChI=1S/C17H24N2O3/c1-17(2,3)22-16(21)19-10-9-13(11-19)14(15(18)20)12-7-5-4-6-8-12/h4-8,13-14H,9-11H2,1-3H3,(H2,18,20). The summed E-state index contributed by atoms with van der Waals surface area (Å²) in [5, 5.41) is 0. The lowest BCUT2D eigenvalue weighted by Crippen LogP contribution is -2.36. The first kappa shape index (κ1) is 16.3. The summed E-state index contributed by atoms with van der Waals surface area (Å²) >= 11 is 0. The highest BCUT2D eigenvalue weighted by Crippen LogP contribution is 2.32. The van der Waals surface area contributed by atoms with Crippen LogP contribution in [0, 0.1) is 5.92 Å². The summed E-state index contributed by atoms with van der Waals surface area (Å²) in [6.45, 7) is 6.62. The molecular weight excluding hydrogens is 280 g/mol. The van der Waals surface area contributed by atoms with Gasteiger partial charge in [-0.1, -0.05) is 30.3 Å². The van der Waals surface area contributed by atoms with Crippen molar-refractivity contribution < 1.29 is 14.3 Å². The number of rotatable bonds is 3. The molecule has 0 bridgehead atoms. The minimum absolute atomic E-state index is 0.0346. The van der Waals surface area contributed by atoms with Gasteiger partial charge in [0.15, 0.2) is 0 Å². The Kier molecular flexibility index (Phi) is 4.74. The van der Waals surface area contributed by atoms with Crippen LogP contribution < -0.4 is 5.73 Å². The molecule has 2 atom stereocenters. The predicted molar refractivity (Wildman–Crippen MR) is 84.3 cm³/mol. The molecule has 5 nitrogen and oxygen atoms in total. The summed E-state index contributed by atoms with van der Waals surface area (Å²) in [5.74, 6) is -0.678. The van der Waals surface area contributed by atoms with Gasteiger partial charge in [-0.15, -0.1) is 0 Å². The third-order valence-electron chi connectivity index (χ3n) is 3.81. The molecule has 1 heterocycles. The van der Waals surface area contributed by atoms with Crippen molar-refractivity contribution in [1.82, 2.24) is 4.90 Å². The SMILES string of the molecule is CC(C)(C)OC(=O)N1CCC(C(C(N)=O)c2ccccc2)C1. The summed E-state index contributed by atoms with van der Waals surface area (Å²) in [6.07, 6.45) is 0.424. The van der Waals surface area contributed by atoms with Gasteiger partial charge < -0.3 is 15.4 Å². The molecular formula is C17H24N2O3. The second-order valence-corrected chi connectivity index (χ2v) is 6.77. The molecule has 2 N–H and O–H groups in total. The van der Waals surface area contributed by atoms with Crippen LogP contribution in [0.2, 0.25) is 0 Å². The van der Waals surface area contributed by atoms with Gasteiger partial charge in [-0.3, -0.25) is 4.79 Å². The van der Waals surface area contributed by atoms with Gasteiger partial charge in [0.2, 0.25) is 5.91 Å². The van der Waals surface area contributed by atoms with E-state index in [2.05, 4.69) is 0 Å². The lowest BCUT2D eigenvalue weighted by molar-refractivity contribution is -0.120.